The number of rotatable bonds is 5. The number of amides is 1. The number of carboxylic acids is 1. The highest BCUT2D eigenvalue weighted by molar-refractivity contribution is 7.15. The molecule has 2 N–H and O–H groups in total. The molecule has 0 atom stereocenters. The lowest BCUT2D eigenvalue weighted by atomic mass is 9.81. The monoisotopic (exact) mass is 461 g/mol. The summed E-state index contributed by atoms with van der Waals surface area (Å²) in [4.78, 5) is 28.4. The second-order valence-electron chi connectivity index (χ2n) is 9.72. The van der Waals surface area contributed by atoms with Crippen molar-refractivity contribution in [2.75, 3.05) is 12.0 Å². The molecule has 2 saturated carbocycles. The third-order valence-electron chi connectivity index (χ3n) is 6.80. The van der Waals surface area contributed by atoms with Crippen molar-refractivity contribution in [2.24, 2.45) is 11.8 Å². The largest absolute Gasteiger partial charge is 0.477 e. The number of anilines is 1. The predicted molar refractivity (Wildman–Crippen MR) is 126 cm³/mol. The SMILES string of the molecule is COC(C)(C)C#Cc1cc(N(C(=O)C2CCC(C)CC2)[C@H]2CC[C@H](O)CC2)c(C(=O)O)s1. The van der Waals surface area contributed by atoms with E-state index in [0.717, 1.165) is 37.0 Å². The lowest BCUT2D eigenvalue weighted by Crippen LogP contribution is -2.47. The average Bonchev–Trinajstić information content (AvgIpc) is 3.18. The fourth-order valence-electron chi connectivity index (χ4n) is 4.55. The van der Waals surface area contributed by atoms with E-state index in [2.05, 4.69) is 18.8 Å². The Balaban J connectivity index is 1.99. The minimum Gasteiger partial charge on any atom is -0.477 e. The summed E-state index contributed by atoms with van der Waals surface area (Å²) in [6.07, 6.45) is 5.95. The number of carbonyl (C=O) groups is 2. The van der Waals surface area contributed by atoms with Crippen molar-refractivity contribution in [3.63, 3.8) is 0 Å². The van der Waals surface area contributed by atoms with Gasteiger partial charge in [0.25, 0.3) is 0 Å². The van der Waals surface area contributed by atoms with Gasteiger partial charge in [0.1, 0.15) is 10.5 Å². The summed E-state index contributed by atoms with van der Waals surface area (Å²) in [6, 6.07) is 1.65. The van der Waals surface area contributed by atoms with Crippen LogP contribution in [0.25, 0.3) is 0 Å². The molecule has 2 aliphatic rings. The van der Waals surface area contributed by atoms with E-state index >= 15 is 0 Å². The Bertz CT molecular complexity index is 880. The van der Waals surface area contributed by atoms with Gasteiger partial charge in [-0.3, -0.25) is 4.79 Å². The lowest BCUT2D eigenvalue weighted by Gasteiger charge is -2.38. The Kier molecular flexibility index (Phi) is 8.02. The van der Waals surface area contributed by atoms with Gasteiger partial charge in [-0.25, -0.2) is 4.79 Å². The number of carboxylic acid groups (broad SMARTS) is 1. The normalized spacial score (nSPS) is 26.2. The first-order valence-electron chi connectivity index (χ1n) is 11.6. The van der Waals surface area contributed by atoms with Gasteiger partial charge in [0, 0.05) is 19.1 Å². The summed E-state index contributed by atoms with van der Waals surface area (Å²) in [5.41, 5.74) is -0.200. The highest BCUT2D eigenvalue weighted by Gasteiger charge is 2.37. The summed E-state index contributed by atoms with van der Waals surface area (Å²) in [6.45, 7) is 5.91. The first-order valence-corrected chi connectivity index (χ1v) is 12.4. The second-order valence-corrected chi connectivity index (χ2v) is 10.8. The number of carbonyl (C=O) groups excluding carboxylic acids is 1. The minimum atomic E-state index is -1.05. The number of nitrogens with zero attached hydrogens (tertiary/aromatic N) is 1. The van der Waals surface area contributed by atoms with Crippen molar-refractivity contribution in [1.82, 2.24) is 0 Å². The molecule has 1 aromatic rings. The van der Waals surface area contributed by atoms with Gasteiger partial charge in [-0.05, 0) is 77.2 Å². The maximum Gasteiger partial charge on any atom is 0.348 e. The molecule has 0 aliphatic heterocycles. The lowest BCUT2D eigenvalue weighted by molar-refractivity contribution is -0.124. The summed E-state index contributed by atoms with van der Waals surface area (Å²) >= 11 is 1.10. The van der Waals surface area contributed by atoms with Gasteiger partial charge in [-0.15, -0.1) is 11.3 Å². The van der Waals surface area contributed by atoms with Gasteiger partial charge >= 0.3 is 5.97 Å². The zero-order valence-electron chi connectivity index (χ0n) is 19.5. The van der Waals surface area contributed by atoms with E-state index in [0.29, 0.717) is 42.2 Å². The smallest absolute Gasteiger partial charge is 0.348 e. The van der Waals surface area contributed by atoms with Gasteiger partial charge in [-0.1, -0.05) is 18.8 Å². The van der Waals surface area contributed by atoms with Crippen LogP contribution in [0.4, 0.5) is 5.69 Å². The number of thiophene rings is 1. The summed E-state index contributed by atoms with van der Waals surface area (Å²) < 4.78 is 5.35. The molecule has 0 radical (unpaired) electrons. The minimum absolute atomic E-state index is 0.0234. The van der Waals surface area contributed by atoms with Crippen LogP contribution in [0, 0.1) is 23.7 Å². The first kappa shape index (κ1) is 24.8. The van der Waals surface area contributed by atoms with Crippen molar-refractivity contribution in [1.29, 1.82) is 0 Å². The third-order valence-corrected chi connectivity index (χ3v) is 7.82. The zero-order valence-corrected chi connectivity index (χ0v) is 20.3. The number of methoxy groups -OCH3 is 1. The fraction of sp³-hybridized carbons (Fsp3) is 0.680. The number of aliphatic hydroxyl groups is 1. The zero-order chi connectivity index (χ0) is 23.5. The molecule has 32 heavy (non-hydrogen) atoms. The third kappa shape index (κ3) is 5.92. The van der Waals surface area contributed by atoms with Crippen LogP contribution in [-0.4, -0.2) is 46.9 Å². The molecule has 1 aromatic heterocycles. The van der Waals surface area contributed by atoms with E-state index in [1.807, 2.05) is 13.8 Å². The molecule has 2 aliphatic carbocycles. The Morgan fingerprint density at radius 1 is 1.12 bits per heavy atom. The number of hydrogen-bond acceptors (Lipinski definition) is 5. The molecule has 2 fully saturated rings. The summed E-state index contributed by atoms with van der Waals surface area (Å²) in [5, 5.41) is 19.9. The van der Waals surface area contributed by atoms with Crippen molar-refractivity contribution in [3.05, 3.63) is 15.8 Å². The average molecular weight is 462 g/mol. The Morgan fingerprint density at radius 3 is 2.31 bits per heavy atom. The summed E-state index contributed by atoms with van der Waals surface area (Å²) in [7, 11) is 1.58. The van der Waals surface area contributed by atoms with Gasteiger partial charge in [0.2, 0.25) is 5.91 Å². The van der Waals surface area contributed by atoms with Crippen LogP contribution in [0.15, 0.2) is 6.07 Å². The molecule has 176 valence electrons. The molecular weight excluding hydrogens is 426 g/mol. The van der Waals surface area contributed by atoms with Crippen LogP contribution >= 0.6 is 11.3 Å². The van der Waals surface area contributed by atoms with Crippen LogP contribution in [-0.2, 0) is 9.53 Å². The molecule has 0 aromatic carbocycles. The number of hydrogen-bond donors (Lipinski definition) is 2. The highest BCUT2D eigenvalue weighted by atomic mass is 32.1. The molecule has 0 bridgehead atoms. The van der Waals surface area contributed by atoms with E-state index in [1.54, 1.807) is 18.1 Å². The Morgan fingerprint density at radius 2 is 1.75 bits per heavy atom. The molecule has 3 rings (SSSR count). The van der Waals surface area contributed by atoms with Crippen molar-refractivity contribution < 1.29 is 24.5 Å². The fourth-order valence-corrected chi connectivity index (χ4v) is 5.40. The highest BCUT2D eigenvalue weighted by Crippen LogP contribution is 2.38. The summed E-state index contributed by atoms with van der Waals surface area (Å²) in [5.74, 6) is 5.60. The van der Waals surface area contributed by atoms with E-state index in [4.69, 9.17) is 4.74 Å². The van der Waals surface area contributed by atoms with E-state index in [1.165, 1.54) is 0 Å². The van der Waals surface area contributed by atoms with Gasteiger partial charge < -0.3 is 19.8 Å². The van der Waals surface area contributed by atoms with Crippen LogP contribution < -0.4 is 4.90 Å². The number of aliphatic hydroxyl groups excluding tert-OH is 1. The maximum absolute atomic E-state index is 13.8. The Labute approximate surface area is 195 Å². The molecule has 0 unspecified atom stereocenters. The van der Waals surface area contributed by atoms with E-state index < -0.39 is 11.6 Å². The molecule has 7 heteroatoms. The predicted octanol–water partition coefficient (Wildman–Crippen LogP) is 4.69. The maximum atomic E-state index is 13.8. The quantitative estimate of drug-likeness (QED) is 0.622. The van der Waals surface area contributed by atoms with E-state index in [9.17, 15) is 19.8 Å². The molecule has 0 spiro atoms. The molecule has 1 amide bonds. The van der Waals surface area contributed by atoms with Gasteiger partial charge in [-0.2, -0.15) is 0 Å². The van der Waals surface area contributed by atoms with E-state index in [-0.39, 0.29) is 28.8 Å². The van der Waals surface area contributed by atoms with Crippen molar-refractivity contribution in [3.8, 4) is 11.8 Å². The van der Waals surface area contributed by atoms with Gasteiger partial charge in [0.05, 0.1) is 16.7 Å². The molecule has 1 heterocycles. The second kappa shape index (κ2) is 10.4. The van der Waals surface area contributed by atoms with Crippen molar-refractivity contribution in [2.45, 2.75) is 89.9 Å². The van der Waals surface area contributed by atoms with Crippen molar-refractivity contribution >= 4 is 28.9 Å². The molecule has 6 nitrogen and oxygen atoms in total. The van der Waals surface area contributed by atoms with Crippen LogP contribution in [0.5, 0.6) is 0 Å². The topological polar surface area (TPSA) is 87.1 Å². The number of aromatic carboxylic acids is 1. The first-order chi connectivity index (χ1) is 15.1. The van der Waals surface area contributed by atoms with Crippen LogP contribution in [0.3, 0.4) is 0 Å². The standard InChI is InChI=1S/C25H35NO5S/c1-16-5-7-17(8-6-16)23(28)26(18-9-11-19(27)12-10-18)21-15-20(32-22(21)24(29)30)13-14-25(2,3)31-4/h15-19,27H,5-12H2,1-4H3,(H,29,30)/t16?,17?,18-,19-. The molecular formula is C25H35NO5S. The number of ether oxygens (including phenoxy) is 1. The molecule has 0 saturated heterocycles. The van der Waals surface area contributed by atoms with Crippen LogP contribution in [0.2, 0.25) is 0 Å². The van der Waals surface area contributed by atoms with Gasteiger partial charge in [0.15, 0.2) is 0 Å². The Hall–Kier alpha value is -1.88. The van der Waals surface area contributed by atoms with Crippen LogP contribution in [0.1, 0.15) is 86.7 Å².